The highest BCUT2D eigenvalue weighted by molar-refractivity contribution is 7.92. The second kappa shape index (κ2) is 13.1. The highest BCUT2D eigenvalue weighted by Gasteiger charge is 2.21. The van der Waals surface area contributed by atoms with Crippen LogP contribution in [0.1, 0.15) is 18.4 Å². The van der Waals surface area contributed by atoms with Gasteiger partial charge in [-0.25, -0.2) is 18.4 Å². The molecule has 3 aromatic carbocycles. The Kier molecular flexibility index (Phi) is 9.26. The highest BCUT2D eigenvalue weighted by Crippen LogP contribution is 2.39. The van der Waals surface area contributed by atoms with Gasteiger partial charge < -0.3 is 15.4 Å². The van der Waals surface area contributed by atoms with E-state index < -0.39 is 10.0 Å². The van der Waals surface area contributed by atoms with Gasteiger partial charge >= 0.3 is 0 Å². The molecule has 0 spiro atoms. The molecule has 6 rings (SSSR count). The lowest BCUT2D eigenvalue weighted by Crippen LogP contribution is -2.38. The average Bonchev–Trinajstić information content (AvgIpc) is 2.99. The summed E-state index contributed by atoms with van der Waals surface area (Å²) in [6.07, 6.45) is 5.42. The number of hydrogen-bond donors (Lipinski definition) is 3. The van der Waals surface area contributed by atoms with Crippen molar-refractivity contribution < 1.29 is 13.2 Å². The van der Waals surface area contributed by atoms with E-state index in [1.54, 1.807) is 48.8 Å². The Balaban J connectivity index is 0.00000368. The molecule has 10 nitrogen and oxygen atoms in total. The molecule has 13 heteroatoms. The fourth-order valence-corrected chi connectivity index (χ4v) is 6.55. The number of rotatable bonds is 8. The lowest BCUT2D eigenvalue weighted by molar-refractivity contribution is 0.459. The summed E-state index contributed by atoms with van der Waals surface area (Å²) in [5.41, 5.74) is 2.50. The predicted octanol–water partition coefficient (Wildman–Crippen LogP) is 6.23. The first-order chi connectivity index (χ1) is 20.4. The molecule has 0 radical (unpaired) electrons. The zero-order chi connectivity index (χ0) is 29.1. The minimum absolute atomic E-state index is 0. The minimum atomic E-state index is -3.94. The van der Waals surface area contributed by atoms with E-state index in [-0.39, 0.29) is 34.2 Å². The second-order valence-electron chi connectivity index (χ2n) is 9.95. The van der Waals surface area contributed by atoms with Crippen molar-refractivity contribution in [1.82, 2.24) is 25.5 Å². The van der Waals surface area contributed by atoms with Crippen molar-refractivity contribution in [2.24, 2.45) is 0 Å². The molecular formula is C30H29Cl2N7O3S. The topological polar surface area (TPSA) is 131 Å². The van der Waals surface area contributed by atoms with E-state index in [1.165, 1.54) is 12.1 Å². The third kappa shape index (κ3) is 6.65. The molecule has 0 saturated carbocycles. The predicted molar refractivity (Wildman–Crippen MR) is 171 cm³/mol. The van der Waals surface area contributed by atoms with Crippen molar-refractivity contribution in [3.05, 3.63) is 89.7 Å². The van der Waals surface area contributed by atoms with Crippen molar-refractivity contribution in [1.29, 1.82) is 0 Å². The Bertz CT molecular complexity index is 1870. The van der Waals surface area contributed by atoms with Gasteiger partial charge in [-0.2, -0.15) is 5.10 Å². The first kappa shape index (κ1) is 30.4. The van der Waals surface area contributed by atoms with Crippen LogP contribution in [-0.4, -0.2) is 47.7 Å². The van der Waals surface area contributed by atoms with Crippen LogP contribution in [0.25, 0.3) is 22.0 Å². The molecule has 0 amide bonds. The van der Waals surface area contributed by atoms with Crippen molar-refractivity contribution in [3.63, 3.8) is 0 Å². The van der Waals surface area contributed by atoms with Gasteiger partial charge in [0.15, 0.2) is 0 Å². The van der Waals surface area contributed by atoms with Gasteiger partial charge in [0.1, 0.15) is 10.6 Å². The SMILES string of the molecule is Cc1ccc2c(NS(=O)(=O)c3ccccc3Cl)cccc2c1Oc1nnccc1-c1ccnc(NC2CCCNC2)n1.Cl. The van der Waals surface area contributed by atoms with E-state index >= 15 is 0 Å². The van der Waals surface area contributed by atoms with E-state index in [4.69, 9.17) is 21.3 Å². The third-order valence-corrected chi connectivity index (χ3v) is 8.89. The summed E-state index contributed by atoms with van der Waals surface area (Å²) in [7, 11) is -3.94. The van der Waals surface area contributed by atoms with Gasteiger partial charge in [0.2, 0.25) is 11.8 Å². The van der Waals surface area contributed by atoms with E-state index in [1.807, 2.05) is 25.1 Å². The van der Waals surface area contributed by atoms with Crippen LogP contribution in [0.5, 0.6) is 11.6 Å². The lowest BCUT2D eigenvalue weighted by atomic mass is 10.0. The van der Waals surface area contributed by atoms with Crippen LogP contribution in [0.15, 0.2) is 84.0 Å². The number of halogens is 2. The van der Waals surface area contributed by atoms with Crippen LogP contribution in [-0.2, 0) is 10.0 Å². The Morgan fingerprint density at radius 1 is 1.00 bits per heavy atom. The maximum absolute atomic E-state index is 13.2. The van der Waals surface area contributed by atoms with Crippen LogP contribution < -0.4 is 20.1 Å². The van der Waals surface area contributed by atoms with Gasteiger partial charge in [-0.3, -0.25) is 4.72 Å². The highest BCUT2D eigenvalue weighted by atomic mass is 35.5. The summed E-state index contributed by atoms with van der Waals surface area (Å²) in [6.45, 7) is 3.79. The number of nitrogens with zero attached hydrogens (tertiary/aromatic N) is 4. The number of anilines is 2. The van der Waals surface area contributed by atoms with Crippen LogP contribution in [0, 0.1) is 6.92 Å². The molecule has 1 aliphatic heterocycles. The number of benzene rings is 3. The molecule has 3 heterocycles. The van der Waals surface area contributed by atoms with Crippen molar-refractivity contribution in [2.45, 2.75) is 30.7 Å². The van der Waals surface area contributed by atoms with E-state index in [9.17, 15) is 8.42 Å². The van der Waals surface area contributed by atoms with Gasteiger partial charge in [0.05, 0.1) is 28.2 Å². The number of ether oxygens (including phenoxy) is 1. The summed E-state index contributed by atoms with van der Waals surface area (Å²) in [4.78, 5) is 9.13. The number of piperidine rings is 1. The summed E-state index contributed by atoms with van der Waals surface area (Å²) in [5.74, 6) is 1.31. The molecular weight excluding hydrogens is 609 g/mol. The molecule has 3 N–H and O–H groups in total. The fraction of sp³-hybridized carbons (Fsp3) is 0.200. The van der Waals surface area contributed by atoms with Crippen LogP contribution in [0.2, 0.25) is 5.02 Å². The standard InChI is InChI=1S/C30H28ClN7O3S.ClH/c1-19-11-12-21-22(7-4-9-26(21)38-42(39,40)27-10-3-2-8-24(27)31)28(19)41-29-23(13-17-34-37-29)25-14-16-33-30(36-25)35-20-6-5-15-32-18-20;/h2-4,7-14,16-17,20,32,38H,5-6,15,18H2,1H3,(H,33,35,36);1H. The van der Waals surface area contributed by atoms with Crippen molar-refractivity contribution >= 4 is 56.4 Å². The second-order valence-corrected chi connectivity index (χ2v) is 12.0. The molecule has 1 atom stereocenters. The maximum Gasteiger partial charge on any atom is 0.263 e. The number of aryl methyl sites for hydroxylation is 1. The molecule has 0 aliphatic carbocycles. The Morgan fingerprint density at radius 3 is 2.67 bits per heavy atom. The fourth-order valence-electron chi connectivity index (χ4n) is 4.95. The average molecular weight is 639 g/mol. The lowest BCUT2D eigenvalue weighted by Gasteiger charge is -2.23. The molecule has 2 aromatic heterocycles. The zero-order valence-corrected chi connectivity index (χ0v) is 25.5. The summed E-state index contributed by atoms with van der Waals surface area (Å²) < 4.78 is 35.5. The Hall–Kier alpha value is -4.03. The Labute approximate surface area is 260 Å². The van der Waals surface area contributed by atoms with Gasteiger partial charge in [-0.1, -0.05) is 48.0 Å². The quantitative estimate of drug-likeness (QED) is 0.181. The number of aromatic nitrogens is 4. The summed E-state index contributed by atoms with van der Waals surface area (Å²) in [6, 6.07) is 19.2. The normalized spacial score (nSPS) is 15.0. The van der Waals surface area contributed by atoms with E-state index in [0.717, 1.165) is 31.5 Å². The molecule has 1 saturated heterocycles. The van der Waals surface area contributed by atoms with Crippen molar-refractivity contribution in [3.8, 4) is 22.9 Å². The molecule has 0 bridgehead atoms. The maximum atomic E-state index is 13.2. The monoisotopic (exact) mass is 637 g/mol. The third-order valence-electron chi connectivity index (χ3n) is 7.03. The van der Waals surface area contributed by atoms with Crippen LogP contribution in [0.4, 0.5) is 11.6 Å². The summed E-state index contributed by atoms with van der Waals surface area (Å²) >= 11 is 6.19. The smallest absolute Gasteiger partial charge is 0.263 e. The molecule has 43 heavy (non-hydrogen) atoms. The molecule has 222 valence electrons. The molecule has 1 fully saturated rings. The number of fused-ring (bicyclic) bond motifs is 1. The summed E-state index contributed by atoms with van der Waals surface area (Å²) in [5, 5.41) is 16.6. The first-order valence-electron chi connectivity index (χ1n) is 13.5. The number of sulfonamides is 1. The van der Waals surface area contributed by atoms with E-state index in [2.05, 4.69) is 30.5 Å². The Morgan fingerprint density at radius 2 is 1.86 bits per heavy atom. The van der Waals surface area contributed by atoms with E-state index in [0.29, 0.717) is 39.4 Å². The number of hydrogen-bond acceptors (Lipinski definition) is 9. The largest absolute Gasteiger partial charge is 0.436 e. The van der Waals surface area contributed by atoms with Gasteiger partial charge in [-0.05, 0) is 62.2 Å². The van der Waals surface area contributed by atoms with Crippen LogP contribution in [0.3, 0.4) is 0 Å². The zero-order valence-electron chi connectivity index (χ0n) is 23.1. The molecule has 1 unspecified atom stereocenters. The van der Waals surface area contributed by atoms with Crippen molar-refractivity contribution in [2.75, 3.05) is 23.1 Å². The van der Waals surface area contributed by atoms with Crippen LogP contribution >= 0.6 is 24.0 Å². The van der Waals surface area contributed by atoms with Gasteiger partial charge in [0, 0.05) is 29.6 Å². The van der Waals surface area contributed by atoms with Gasteiger partial charge in [-0.15, -0.1) is 17.5 Å². The van der Waals surface area contributed by atoms with Gasteiger partial charge in [0.25, 0.3) is 10.0 Å². The molecule has 5 aromatic rings. The molecule has 1 aliphatic rings. The number of nitrogens with one attached hydrogen (secondary N) is 3. The first-order valence-corrected chi connectivity index (χ1v) is 15.3. The minimum Gasteiger partial charge on any atom is -0.436 e.